The maximum atomic E-state index is 11.9. The first-order valence-electron chi connectivity index (χ1n) is 9.84. The van der Waals surface area contributed by atoms with Crippen molar-refractivity contribution < 1.29 is 43.2 Å². The Hall–Kier alpha value is -4.01. The van der Waals surface area contributed by atoms with E-state index in [0.29, 0.717) is 0 Å². The van der Waals surface area contributed by atoms with E-state index in [1.165, 1.54) is 0 Å². The fourth-order valence-electron chi connectivity index (χ4n) is 3.32. The number of nitrogens with one attached hydrogen (secondary N) is 1. The standard InChI is InChI=1S/C19H20N4O11S/c1-9(24)31-7-15-17(32-10(2)25)18(33-11(3)26)16(19(34-15)20-8-35)21-13-5-4-12(22(27)28)6-14(13)23(29)30/h4-6,15-19,21H,7H2,1-3H3/t15?,16?,17-,18-,19-/m0/s1. The van der Waals surface area contributed by atoms with Gasteiger partial charge in [-0.05, 0) is 18.3 Å². The van der Waals surface area contributed by atoms with Gasteiger partial charge in [0.1, 0.15) is 24.4 Å². The Balaban J connectivity index is 2.58. The number of anilines is 1. The molecule has 1 aromatic carbocycles. The van der Waals surface area contributed by atoms with Crippen molar-refractivity contribution in [3.05, 3.63) is 38.4 Å². The van der Waals surface area contributed by atoms with Crippen molar-refractivity contribution in [1.82, 2.24) is 0 Å². The summed E-state index contributed by atoms with van der Waals surface area (Å²) in [6, 6.07) is 1.57. The summed E-state index contributed by atoms with van der Waals surface area (Å²) in [5.74, 6) is -2.27. The highest BCUT2D eigenvalue weighted by Gasteiger charge is 2.51. The van der Waals surface area contributed by atoms with Crippen molar-refractivity contribution in [1.29, 1.82) is 0 Å². The van der Waals surface area contributed by atoms with Gasteiger partial charge >= 0.3 is 17.9 Å². The maximum absolute atomic E-state index is 11.9. The van der Waals surface area contributed by atoms with E-state index in [4.69, 9.17) is 18.9 Å². The molecular formula is C19H20N4O11S. The fourth-order valence-corrected chi connectivity index (χ4v) is 3.43. The van der Waals surface area contributed by atoms with E-state index in [2.05, 4.69) is 27.7 Å². The minimum absolute atomic E-state index is 0.212. The average molecular weight is 512 g/mol. The first-order chi connectivity index (χ1) is 16.4. The third-order valence-electron chi connectivity index (χ3n) is 4.61. The molecule has 1 N–H and O–H groups in total. The Morgan fingerprint density at radius 2 is 1.71 bits per heavy atom. The molecule has 2 unspecified atom stereocenters. The number of nitrogens with zero attached hydrogens (tertiary/aromatic N) is 3. The van der Waals surface area contributed by atoms with Gasteiger partial charge in [-0.1, -0.05) is 0 Å². The molecule has 0 bridgehead atoms. The molecule has 5 atom stereocenters. The van der Waals surface area contributed by atoms with Crippen LogP contribution in [-0.4, -0.2) is 70.1 Å². The van der Waals surface area contributed by atoms with E-state index < -0.39 is 76.3 Å². The SMILES string of the molecule is CC(=O)OCC1O[C@H](N=C=S)C(Nc2ccc([N+](=O)[O-])cc2[N+](=O)[O-])[C@H](OC(C)=O)[C@H]1OC(C)=O. The number of esters is 3. The highest BCUT2D eigenvalue weighted by atomic mass is 32.1. The van der Waals surface area contributed by atoms with Crippen molar-refractivity contribution in [3.63, 3.8) is 0 Å². The molecule has 1 aromatic rings. The number of hydrogen-bond acceptors (Lipinski definition) is 14. The lowest BCUT2D eigenvalue weighted by Gasteiger charge is -2.43. The summed E-state index contributed by atoms with van der Waals surface area (Å²) in [5, 5.41) is 27.4. The molecule has 0 spiro atoms. The molecule has 2 rings (SSSR count). The highest BCUT2D eigenvalue weighted by Crippen LogP contribution is 2.34. The first kappa shape index (κ1) is 27.2. The van der Waals surface area contributed by atoms with Gasteiger partial charge < -0.3 is 24.3 Å². The van der Waals surface area contributed by atoms with Crippen LogP contribution >= 0.6 is 12.2 Å². The number of thiocarbonyl (C=S) groups is 1. The average Bonchev–Trinajstić information content (AvgIpc) is 2.75. The predicted molar refractivity (Wildman–Crippen MR) is 119 cm³/mol. The van der Waals surface area contributed by atoms with Gasteiger partial charge in [0.05, 0.1) is 21.1 Å². The minimum Gasteiger partial charge on any atom is -0.463 e. The summed E-state index contributed by atoms with van der Waals surface area (Å²) < 4.78 is 21.4. The number of carbonyl (C=O) groups excluding carboxylic acids is 3. The number of isothiocyanates is 1. The molecule has 35 heavy (non-hydrogen) atoms. The van der Waals surface area contributed by atoms with Crippen LogP contribution in [0.3, 0.4) is 0 Å². The monoisotopic (exact) mass is 512 g/mol. The number of aliphatic imine (C=N–C) groups is 1. The molecule has 1 aliphatic heterocycles. The molecule has 0 amide bonds. The second kappa shape index (κ2) is 11.9. The molecule has 0 aromatic heterocycles. The first-order valence-corrected chi connectivity index (χ1v) is 10.2. The summed E-state index contributed by atoms with van der Waals surface area (Å²) in [7, 11) is 0. The summed E-state index contributed by atoms with van der Waals surface area (Å²) >= 11 is 4.65. The van der Waals surface area contributed by atoms with Gasteiger partial charge in [0.2, 0.25) is 0 Å². The van der Waals surface area contributed by atoms with Crippen LogP contribution in [0.1, 0.15) is 20.8 Å². The quantitative estimate of drug-likeness (QED) is 0.125. The molecule has 0 aliphatic carbocycles. The number of benzene rings is 1. The van der Waals surface area contributed by atoms with E-state index in [0.717, 1.165) is 39.0 Å². The van der Waals surface area contributed by atoms with E-state index in [1.807, 2.05) is 0 Å². The lowest BCUT2D eigenvalue weighted by Crippen LogP contribution is -2.63. The number of ether oxygens (including phenoxy) is 4. The lowest BCUT2D eigenvalue weighted by molar-refractivity contribution is -0.393. The molecule has 0 radical (unpaired) electrons. The van der Waals surface area contributed by atoms with Crippen molar-refractivity contribution in [2.75, 3.05) is 11.9 Å². The molecule has 188 valence electrons. The van der Waals surface area contributed by atoms with Crippen LogP contribution in [0.4, 0.5) is 17.1 Å². The smallest absolute Gasteiger partial charge is 0.303 e. The molecule has 16 heteroatoms. The second-order valence-electron chi connectivity index (χ2n) is 7.12. The molecule has 1 saturated heterocycles. The predicted octanol–water partition coefficient (Wildman–Crippen LogP) is 1.54. The second-order valence-corrected chi connectivity index (χ2v) is 7.30. The maximum Gasteiger partial charge on any atom is 0.303 e. The van der Waals surface area contributed by atoms with Gasteiger partial charge in [-0.2, -0.15) is 4.99 Å². The van der Waals surface area contributed by atoms with Crippen molar-refractivity contribution in [2.24, 2.45) is 4.99 Å². The van der Waals surface area contributed by atoms with Crippen LogP contribution in [-0.2, 0) is 33.3 Å². The zero-order chi connectivity index (χ0) is 26.3. The number of nitro groups is 2. The van der Waals surface area contributed by atoms with Crippen LogP contribution in [0.5, 0.6) is 0 Å². The summed E-state index contributed by atoms with van der Waals surface area (Å²) in [4.78, 5) is 59.8. The van der Waals surface area contributed by atoms with Gasteiger partial charge in [-0.15, -0.1) is 0 Å². The van der Waals surface area contributed by atoms with Crippen LogP contribution < -0.4 is 5.32 Å². The molecule has 1 aliphatic rings. The van der Waals surface area contributed by atoms with E-state index in [9.17, 15) is 34.6 Å². The van der Waals surface area contributed by atoms with Gasteiger partial charge in [0.25, 0.3) is 11.4 Å². The zero-order valence-electron chi connectivity index (χ0n) is 18.6. The van der Waals surface area contributed by atoms with Crippen LogP contribution in [0.25, 0.3) is 0 Å². The minimum atomic E-state index is -1.38. The normalized spacial score (nSPS) is 23.2. The fraction of sp³-hybridized carbons (Fsp3) is 0.474. The molecule has 1 fully saturated rings. The third-order valence-corrected chi connectivity index (χ3v) is 4.72. The Bertz CT molecular complexity index is 1070. The van der Waals surface area contributed by atoms with Crippen molar-refractivity contribution >= 4 is 52.3 Å². The topological polar surface area (TPSA) is 199 Å². The Labute approximate surface area is 202 Å². The number of hydrogen-bond donors (Lipinski definition) is 1. The Morgan fingerprint density at radius 1 is 1.09 bits per heavy atom. The summed E-state index contributed by atoms with van der Waals surface area (Å²) in [5.41, 5.74) is -1.42. The van der Waals surface area contributed by atoms with Crippen LogP contribution in [0.15, 0.2) is 23.2 Å². The zero-order valence-corrected chi connectivity index (χ0v) is 19.4. The summed E-state index contributed by atoms with van der Waals surface area (Å²) in [6.07, 6.45) is -5.22. The van der Waals surface area contributed by atoms with E-state index >= 15 is 0 Å². The number of carbonyl (C=O) groups is 3. The van der Waals surface area contributed by atoms with Gasteiger partial charge in [-0.25, -0.2) is 0 Å². The molecule has 0 saturated carbocycles. The lowest BCUT2D eigenvalue weighted by atomic mass is 9.95. The highest BCUT2D eigenvalue weighted by molar-refractivity contribution is 7.78. The van der Waals surface area contributed by atoms with E-state index in [1.54, 1.807) is 0 Å². The number of nitro benzene ring substituents is 2. The van der Waals surface area contributed by atoms with E-state index in [-0.39, 0.29) is 5.69 Å². The van der Waals surface area contributed by atoms with Crippen LogP contribution in [0.2, 0.25) is 0 Å². The molecular weight excluding hydrogens is 492 g/mol. The Kier molecular flexibility index (Phi) is 9.27. The third kappa shape index (κ3) is 7.23. The number of rotatable bonds is 9. The Morgan fingerprint density at radius 3 is 2.23 bits per heavy atom. The van der Waals surface area contributed by atoms with Crippen LogP contribution in [0, 0.1) is 20.2 Å². The summed E-state index contributed by atoms with van der Waals surface area (Å²) in [6.45, 7) is 2.87. The number of non-ortho nitro benzene ring substituents is 1. The molecule has 1 heterocycles. The van der Waals surface area contributed by atoms with Gasteiger partial charge in [0, 0.05) is 26.8 Å². The largest absolute Gasteiger partial charge is 0.463 e. The molecule has 15 nitrogen and oxygen atoms in total. The van der Waals surface area contributed by atoms with Gasteiger partial charge in [0.15, 0.2) is 18.4 Å². The van der Waals surface area contributed by atoms with Gasteiger partial charge in [-0.3, -0.25) is 34.6 Å². The van der Waals surface area contributed by atoms with Crippen molar-refractivity contribution in [2.45, 2.75) is 51.4 Å². The van der Waals surface area contributed by atoms with Crippen molar-refractivity contribution in [3.8, 4) is 0 Å².